The number of nitrogens with zero attached hydrogens (tertiary/aromatic N) is 2. The van der Waals surface area contributed by atoms with E-state index in [0.717, 1.165) is 10.2 Å². The zero-order valence-electron chi connectivity index (χ0n) is 17.6. The largest absolute Gasteiger partial charge is 0.490 e. The summed E-state index contributed by atoms with van der Waals surface area (Å²) in [4.78, 5) is 30.7. The second-order valence-electron chi connectivity index (χ2n) is 7.17. The van der Waals surface area contributed by atoms with Gasteiger partial charge in [-0.1, -0.05) is 33.8 Å². The van der Waals surface area contributed by atoms with E-state index in [1.807, 2.05) is 39.8 Å². The number of amides is 2. The van der Waals surface area contributed by atoms with E-state index in [2.05, 4.69) is 36.5 Å². The van der Waals surface area contributed by atoms with Gasteiger partial charge in [0, 0.05) is 34.2 Å². The number of aromatic nitrogens is 2. The smallest absolute Gasteiger partial charge is 0.423 e. The van der Waals surface area contributed by atoms with Crippen LogP contribution in [-0.2, 0) is 22.7 Å². The van der Waals surface area contributed by atoms with E-state index in [0.29, 0.717) is 24.2 Å². The van der Waals surface area contributed by atoms with Gasteiger partial charge in [0.05, 0.1) is 24.5 Å². The Hall–Kier alpha value is -2.30. The van der Waals surface area contributed by atoms with Crippen LogP contribution in [-0.4, -0.2) is 38.9 Å². The first-order valence-electron chi connectivity index (χ1n) is 9.57. The summed E-state index contributed by atoms with van der Waals surface area (Å²) in [6, 6.07) is 7.00. The average Bonchev–Trinajstić information content (AvgIpc) is 2.71. The number of rotatable bonds is 7. The summed E-state index contributed by atoms with van der Waals surface area (Å²) in [6.45, 7) is 8.19. The lowest BCUT2D eigenvalue weighted by atomic mass is 9.82. The van der Waals surface area contributed by atoms with Crippen LogP contribution in [0.1, 0.15) is 39.1 Å². The third-order valence-electron chi connectivity index (χ3n) is 3.87. The average molecular weight is 479 g/mol. The number of nitrogens with one attached hydrogen (secondary N) is 2. The predicted molar refractivity (Wildman–Crippen MR) is 119 cm³/mol. The Kier molecular flexibility index (Phi) is 11.2. The maximum atomic E-state index is 11.3. The molecule has 0 unspecified atom stereocenters. The van der Waals surface area contributed by atoms with Crippen molar-refractivity contribution in [3.8, 4) is 0 Å². The Balaban J connectivity index is 0.000000303. The van der Waals surface area contributed by atoms with Crippen molar-refractivity contribution >= 4 is 40.3 Å². The topological polar surface area (TPSA) is 124 Å². The number of carbonyl (C=O) groups excluding carboxylic acids is 2. The molecule has 0 aliphatic rings. The first-order chi connectivity index (χ1) is 14.1. The lowest BCUT2D eigenvalue weighted by Gasteiger charge is -2.07. The fourth-order valence-corrected chi connectivity index (χ4v) is 2.20. The van der Waals surface area contributed by atoms with E-state index < -0.39 is 7.12 Å². The summed E-state index contributed by atoms with van der Waals surface area (Å²) >= 11 is 3.30. The molecular weight excluding hydrogens is 451 g/mol. The lowest BCUT2D eigenvalue weighted by Crippen LogP contribution is -2.31. The molecule has 2 aromatic heterocycles. The molecule has 162 valence electrons. The number of pyridine rings is 2. The molecule has 0 saturated heterocycles. The first-order valence-corrected chi connectivity index (χ1v) is 10.4. The zero-order chi connectivity index (χ0) is 22.7. The second kappa shape index (κ2) is 13.1. The highest BCUT2D eigenvalue weighted by Gasteiger charge is 2.11. The normalized spacial score (nSPS) is 10.3. The van der Waals surface area contributed by atoms with Crippen molar-refractivity contribution in [3.63, 3.8) is 0 Å². The standard InChI is InChI=1S/C10H15BN2O3.C10H13BrN2O/c1-7(2)10(14)13-6-9-4-3-8(5-12-9)11(15)16;1-7(2)10(14)13-6-9-4-3-8(11)5-12-9/h3-5,7,15-16H,6H2,1-2H3,(H,13,14);3-5,7H,6H2,1-2H3,(H,13,14). The molecule has 0 bridgehead atoms. The van der Waals surface area contributed by atoms with E-state index in [4.69, 9.17) is 10.0 Å². The minimum absolute atomic E-state index is 0.0189. The van der Waals surface area contributed by atoms with Gasteiger partial charge in [-0.15, -0.1) is 0 Å². The van der Waals surface area contributed by atoms with Crippen molar-refractivity contribution in [1.82, 2.24) is 20.6 Å². The molecule has 0 aliphatic carbocycles. The Labute approximate surface area is 185 Å². The molecular formula is C20H28BBrN4O4. The SMILES string of the molecule is CC(C)C(=O)NCc1ccc(B(O)O)cn1.CC(C)C(=O)NCc1ccc(Br)cn1. The predicted octanol–water partition coefficient (Wildman–Crippen LogP) is 1.15. The van der Waals surface area contributed by atoms with Crippen molar-refractivity contribution in [2.75, 3.05) is 0 Å². The summed E-state index contributed by atoms with van der Waals surface area (Å²) in [5.41, 5.74) is 1.87. The zero-order valence-corrected chi connectivity index (χ0v) is 19.2. The Bertz CT molecular complexity index is 799. The van der Waals surface area contributed by atoms with Gasteiger partial charge in [-0.05, 0) is 34.1 Å². The highest BCUT2D eigenvalue weighted by Crippen LogP contribution is 2.07. The monoisotopic (exact) mass is 478 g/mol. The van der Waals surface area contributed by atoms with Crippen LogP contribution in [0.25, 0.3) is 0 Å². The Morgan fingerprint density at radius 2 is 1.37 bits per heavy atom. The van der Waals surface area contributed by atoms with Crippen LogP contribution < -0.4 is 16.1 Å². The van der Waals surface area contributed by atoms with E-state index in [1.165, 1.54) is 6.20 Å². The molecule has 2 amide bonds. The first kappa shape index (κ1) is 25.7. The number of halogens is 1. The third-order valence-corrected chi connectivity index (χ3v) is 4.34. The van der Waals surface area contributed by atoms with Gasteiger partial charge in [0.15, 0.2) is 0 Å². The number of carbonyl (C=O) groups is 2. The molecule has 0 fully saturated rings. The molecule has 0 radical (unpaired) electrons. The van der Waals surface area contributed by atoms with E-state index in [9.17, 15) is 9.59 Å². The van der Waals surface area contributed by atoms with Crippen LogP contribution >= 0.6 is 15.9 Å². The molecule has 0 aliphatic heterocycles. The van der Waals surface area contributed by atoms with Crippen LogP contribution in [0.3, 0.4) is 0 Å². The van der Waals surface area contributed by atoms with Crippen molar-refractivity contribution in [1.29, 1.82) is 0 Å². The van der Waals surface area contributed by atoms with Gasteiger partial charge in [-0.3, -0.25) is 19.6 Å². The fraction of sp³-hybridized carbons (Fsp3) is 0.400. The van der Waals surface area contributed by atoms with Gasteiger partial charge in [-0.2, -0.15) is 0 Å². The van der Waals surface area contributed by atoms with Crippen molar-refractivity contribution in [2.45, 2.75) is 40.8 Å². The Morgan fingerprint density at radius 1 is 0.900 bits per heavy atom. The minimum Gasteiger partial charge on any atom is -0.423 e. The van der Waals surface area contributed by atoms with Gasteiger partial charge >= 0.3 is 7.12 Å². The molecule has 0 spiro atoms. The maximum absolute atomic E-state index is 11.3. The van der Waals surface area contributed by atoms with Gasteiger partial charge in [-0.25, -0.2) is 0 Å². The summed E-state index contributed by atoms with van der Waals surface area (Å²) in [6.07, 6.45) is 3.10. The second-order valence-corrected chi connectivity index (χ2v) is 8.08. The van der Waals surface area contributed by atoms with Crippen molar-refractivity contribution in [3.05, 3.63) is 52.5 Å². The van der Waals surface area contributed by atoms with E-state index in [-0.39, 0.29) is 23.7 Å². The number of hydrogen-bond acceptors (Lipinski definition) is 6. The third kappa shape index (κ3) is 9.95. The highest BCUT2D eigenvalue weighted by atomic mass is 79.9. The van der Waals surface area contributed by atoms with Gasteiger partial charge in [0.1, 0.15) is 0 Å². The van der Waals surface area contributed by atoms with Crippen LogP contribution in [0.15, 0.2) is 41.1 Å². The van der Waals surface area contributed by atoms with Crippen molar-refractivity contribution in [2.24, 2.45) is 11.8 Å². The molecule has 0 aromatic carbocycles. The van der Waals surface area contributed by atoms with Crippen LogP contribution in [0, 0.1) is 11.8 Å². The summed E-state index contributed by atoms with van der Waals surface area (Å²) in [5, 5.41) is 23.2. The molecule has 2 aromatic rings. The molecule has 4 N–H and O–H groups in total. The molecule has 2 rings (SSSR count). The molecule has 2 heterocycles. The fourth-order valence-electron chi connectivity index (χ4n) is 1.97. The molecule has 10 heteroatoms. The summed E-state index contributed by atoms with van der Waals surface area (Å²) in [7, 11) is -1.51. The summed E-state index contributed by atoms with van der Waals surface area (Å²) in [5.74, 6) is -0.0215. The number of hydrogen-bond donors (Lipinski definition) is 4. The molecule has 8 nitrogen and oxygen atoms in total. The van der Waals surface area contributed by atoms with Gasteiger partial charge in [0.25, 0.3) is 0 Å². The molecule has 30 heavy (non-hydrogen) atoms. The van der Waals surface area contributed by atoms with Crippen molar-refractivity contribution < 1.29 is 19.6 Å². The molecule has 0 atom stereocenters. The van der Waals surface area contributed by atoms with Gasteiger partial charge < -0.3 is 20.7 Å². The van der Waals surface area contributed by atoms with Crippen LogP contribution in [0.4, 0.5) is 0 Å². The van der Waals surface area contributed by atoms with E-state index in [1.54, 1.807) is 18.3 Å². The minimum atomic E-state index is -1.51. The highest BCUT2D eigenvalue weighted by molar-refractivity contribution is 9.10. The van der Waals surface area contributed by atoms with Crippen LogP contribution in [0.2, 0.25) is 0 Å². The van der Waals surface area contributed by atoms with Crippen LogP contribution in [0.5, 0.6) is 0 Å². The lowest BCUT2D eigenvalue weighted by molar-refractivity contribution is -0.124. The molecule has 0 saturated carbocycles. The summed E-state index contributed by atoms with van der Waals surface area (Å²) < 4.78 is 0.941. The Morgan fingerprint density at radius 3 is 1.70 bits per heavy atom. The van der Waals surface area contributed by atoms with E-state index >= 15 is 0 Å². The maximum Gasteiger partial charge on any atom is 0.490 e. The van der Waals surface area contributed by atoms with Gasteiger partial charge in [0.2, 0.25) is 11.8 Å². The quantitative estimate of drug-likeness (QED) is 0.442.